The first-order valence-corrected chi connectivity index (χ1v) is 7.69. The van der Waals surface area contributed by atoms with Crippen LogP contribution in [0, 0.1) is 0 Å². The smallest absolute Gasteiger partial charge is 0.306 e. The molecule has 2 rings (SSSR count). The van der Waals surface area contributed by atoms with Crippen LogP contribution >= 0.6 is 0 Å². The van der Waals surface area contributed by atoms with Crippen LogP contribution in [0.15, 0.2) is 24.3 Å². The summed E-state index contributed by atoms with van der Waals surface area (Å²) in [6.07, 6.45) is 2.93. The average Bonchev–Trinajstić information content (AvgIpc) is 2.99. The van der Waals surface area contributed by atoms with Crippen molar-refractivity contribution < 1.29 is 14.3 Å². The number of ether oxygens (including phenoxy) is 1. The van der Waals surface area contributed by atoms with Gasteiger partial charge in [-0.3, -0.25) is 14.5 Å². The molecule has 0 N–H and O–H groups in total. The third-order valence-corrected chi connectivity index (χ3v) is 3.74. The van der Waals surface area contributed by atoms with Gasteiger partial charge in [-0.05, 0) is 38.4 Å². The molecule has 0 unspecified atom stereocenters. The van der Waals surface area contributed by atoms with Crippen LogP contribution in [0.25, 0.3) is 0 Å². The van der Waals surface area contributed by atoms with Gasteiger partial charge in [0.15, 0.2) is 5.78 Å². The van der Waals surface area contributed by atoms with E-state index in [0.717, 1.165) is 6.54 Å². The van der Waals surface area contributed by atoms with Gasteiger partial charge in [0.25, 0.3) is 0 Å². The quantitative estimate of drug-likeness (QED) is 0.572. The maximum absolute atomic E-state index is 12.0. The molecule has 21 heavy (non-hydrogen) atoms. The number of esters is 1. The van der Waals surface area contributed by atoms with Crippen LogP contribution in [0.1, 0.15) is 48.5 Å². The molecular formula is C17H23NO3. The summed E-state index contributed by atoms with van der Waals surface area (Å²) < 4.78 is 4.82. The number of carbonyl (C=O) groups is 2. The maximum atomic E-state index is 12.0. The summed E-state index contributed by atoms with van der Waals surface area (Å²) in [4.78, 5) is 25.7. The monoisotopic (exact) mass is 289 g/mol. The minimum Gasteiger partial charge on any atom is -0.466 e. The van der Waals surface area contributed by atoms with E-state index in [2.05, 4.69) is 4.90 Å². The molecule has 1 aliphatic rings. The Kier molecular flexibility index (Phi) is 5.93. The summed E-state index contributed by atoms with van der Waals surface area (Å²) in [5, 5.41) is 0. The highest BCUT2D eigenvalue weighted by Crippen LogP contribution is 2.14. The molecule has 0 radical (unpaired) electrons. The van der Waals surface area contributed by atoms with E-state index in [-0.39, 0.29) is 24.6 Å². The highest BCUT2D eigenvalue weighted by molar-refractivity contribution is 5.97. The van der Waals surface area contributed by atoms with Gasteiger partial charge in [-0.2, -0.15) is 0 Å². The van der Waals surface area contributed by atoms with Crippen molar-refractivity contribution in [2.24, 2.45) is 0 Å². The van der Waals surface area contributed by atoms with Gasteiger partial charge in [-0.25, -0.2) is 0 Å². The Morgan fingerprint density at radius 3 is 2.38 bits per heavy atom. The van der Waals surface area contributed by atoms with E-state index in [4.69, 9.17) is 4.74 Å². The van der Waals surface area contributed by atoms with Gasteiger partial charge < -0.3 is 4.74 Å². The number of ketones is 1. The van der Waals surface area contributed by atoms with Crippen LogP contribution < -0.4 is 0 Å². The number of benzene rings is 1. The predicted octanol–water partition coefficient (Wildman–Crippen LogP) is 2.81. The average molecular weight is 289 g/mol. The highest BCUT2D eigenvalue weighted by atomic mass is 16.5. The Labute approximate surface area is 126 Å². The Bertz CT molecular complexity index is 475. The summed E-state index contributed by atoms with van der Waals surface area (Å²) in [5.74, 6) is -0.313. The summed E-state index contributed by atoms with van der Waals surface area (Å²) in [7, 11) is 0. The summed E-state index contributed by atoms with van der Waals surface area (Å²) >= 11 is 0. The maximum Gasteiger partial charge on any atom is 0.306 e. The van der Waals surface area contributed by atoms with Crippen molar-refractivity contribution in [2.75, 3.05) is 19.7 Å². The number of hydrogen-bond donors (Lipinski definition) is 0. The van der Waals surface area contributed by atoms with Crippen molar-refractivity contribution in [3.8, 4) is 0 Å². The Morgan fingerprint density at radius 2 is 1.76 bits per heavy atom. The van der Waals surface area contributed by atoms with Crippen molar-refractivity contribution >= 4 is 11.8 Å². The molecular weight excluding hydrogens is 266 g/mol. The van der Waals surface area contributed by atoms with Gasteiger partial charge in [0, 0.05) is 18.5 Å². The number of rotatable bonds is 7. The van der Waals surface area contributed by atoms with Crippen molar-refractivity contribution in [2.45, 2.75) is 39.2 Å². The Balaban J connectivity index is 1.83. The third-order valence-electron chi connectivity index (χ3n) is 3.74. The van der Waals surface area contributed by atoms with Crippen LogP contribution in [0.4, 0.5) is 0 Å². The zero-order valence-corrected chi connectivity index (χ0v) is 12.6. The molecule has 1 heterocycles. The molecule has 4 heteroatoms. The predicted molar refractivity (Wildman–Crippen MR) is 81.2 cm³/mol. The molecule has 1 fully saturated rings. The minimum atomic E-state index is -0.309. The van der Waals surface area contributed by atoms with E-state index in [1.54, 1.807) is 6.92 Å². The molecule has 0 aliphatic carbocycles. The van der Waals surface area contributed by atoms with Crippen LogP contribution in [0.3, 0.4) is 0 Å². The van der Waals surface area contributed by atoms with Gasteiger partial charge in [-0.15, -0.1) is 0 Å². The zero-order chi connectivity index (χ0) is 15.1. The number of likely N-dealkylation sites (tertiary alicyclic amines) is 1. The third kappa shape index (κ3) is 4.97. The first kappa shape index (κ1) is 15.7. The molecule has 4 nitrogen and oxygen atoms in total. The van der Waals surface area contributed by atoms with Crippen molar-refractivity contribution in [1.82, 2.24) is 4.90 Å². The Morgan fingerprint density at radius 1 is 1.10 bits per heavy atom. The lowest BCUT2D eigenvalue weighted by Crippen LogP contribution is -2.18. The van der Waals surface area contributed by atoms with E-state index in [0.29, 0.717) is 12.2 Å². The van der Waals surface area contributed by atoms with Crippen molar-refractivity contribution in [3.63, 3.8) is 0 Å². The molecule has 0 spiro atoms. The van der Waals surface area contributed by atoms with Crippen LogP contribution in [0.5, 0.6) is 0 Å². The van der Waals surface area contributed by atoms with Crippen molar-refractivity contribution in [1.29, 1.82) is 0 Å². The minimum absolute atomic E-state index is 0.00391. The van der Waals surface area contributed by atoms with Gasteiger partial charge in [0.1, 0.15) is 0 Å². The van der Waals surface area contributed by atoms with Gasteiger partial charge in [-0.1, -0.05) is 24.3 Å². The van der Waals surface area contributed by atoms with Gasteiger partial charge in [0.2, 0.25) is 0 Å². The van der Waals surface area contributed by atoms with Crippen LogP contribution in [-0.4, -0.2) is 36.3 Å². The summed E-state index contributed by atoms with van der Waals surface area (Å²) in [6, 6.07) is 7.74. The van der Waals surface area contributed by atoms with Gasteiger partial charge >= 0.3 is 5.97 Å². The topological polar surface area (TPSA) is 46.6 Å². The normalized spacial score (nSPS) is 15.1. The van der Waals surface area contributed by atoms with Gasteiger partial charge in [0.05, 0.1) is 13.0 Å². The number of nitrogens with zero attached hydrogens (tertiary/aromatic N) is 1. The number of hydrogen-bond acceptors (Lipinski definition) is 4. The lowest BCUT2D eigenvalue weighted by Gasteiger charge is -2.14. The fourth-order valence-electron chi connectivity index (χ4n) is 2.59. The lowest BCUT2D eigenvalue weighted by molar-refractivity contribution is -0.143. The van der Waals surface area contributed by atoms with E-state index in [9.17, 15) is 9.59 Å². The van der Waals surface area contributed by atoms with E-state index in [1.165, 1.54) is 31.5 Å². The first-order chi connectivity index (χ1) is 10.2. The second-order valence-corrected chi connectivity index (χ2v) is 5.41. The molecule has 0 aromatic heterocycles. The lowest BCUT2D eigenvalue weighted by atomic mass is 10.0. The standard InChI is InChI=1S/C17H23NO3/c1-2-21-17(20)10-9-16(19)15-7-5-14(6-8-15)13-18-11-3-4-12-18/h5-8H,2-4,9-13H2,1H3. The Hall–Kier alpha value is -1.68. The molecule has 1 aliphatic heterocycles. The molecule has 0 amide bonds. The molecule has 0 atom stereocenters. The van der Waals surface area contributed by atoms with E-state index in [1.807, 2.05) is 24.3 Å². The molecule has 1 aromatic rings. The SMILES string of the molecule is CCOC(=O)CCC(=O)c1ccc(CN2CCCC2)cc1. The van der Waals surface area contributed by atoms with E-state index < -0.39 is 0 Å². The molecule has 114 valence electrons. The second-order valence-electron chi connectivity index (χ2n) is 5.41. The fourth-order valence-corrected chi connectivity index (χ4v) is 2.59. The summed E-state index contributed by atoms with van der Waals surface area (Å²) in [6.45, 7) is 5.41. The fraction of sp³-hybridized carbons (Fsp3) is 0.529. The largest absolute Gasteiger partial charge is 0.466 e. The number of Topliss-reactive ketones (excluding diaryl/α,β-unsaturated/α-hetero) is 1. The molecule has 1 saturated heterocycles. The second kappa shape index (κ2) is 7.93. The van der Waals surface area contributed by atoms with Crippen LogP contribution in [-0.2, 0) is 16.1 Å². The van der Waals surface area contributed by atoms with Crippen molar-refractivity contribution in [3.05, 3.63) is 35.4 Å². The molecule has 0 bridgehead atoms. The summed E-state index contributed by atoms with van der Waals surface area (Å²) in [5.41, 5.74) is 1.91. The highest BCUT2D eigenvalue weighted by Gasteiger charge is 2.13. The molecule has 1 aromatic carbocycles. The van der Waals surface area contributed by atoms with Crippen LogP contribution in [0.2, 0.25) is 0 Å². The zero-order valence-electron chi connectivity index (χ0n) is 12.6. The first-order valence-electron chi connectivity index (χ1n) is 7.69. The van der Waals surface area contributed by atoms with E-state index >= 15 is 0 Å². The number of carbonyl (C=O) groups excluding carboxylic acids is 2. The molecule has 0 saturated carbocycles.